The number of unbranched alkanes of at least 4 members (excludes halogenated alkanes) is 1. The van der Waals surface area contributed by atoms with Crippen molar-refractivity contribution < 1.29 is 24.4 Å². The highest BCUT2D eigenvalue weighted by Gasteiger charge is 2.68. The van der Waals surface area contributed by atoms with Crippen molar-refractivity contribution in [1.29, 1.82) is 0 Å². The zero-order valence-electron chi connectivity index (χ0n) is 21.3. The lowest BCUT2D eigenvalue weighted by atomic mass is 9.76. The van der Waals surface area contributed by atoms with Crippen LogP contribution >= 0.6 is 0 Å². The smallest absolute Gasteiger partial charge is 0.325 e. The van der Waals surface area contributed by atoms with Crippen LogP contribution in [0.3, 0.4) is 0 Å². The van der Waals surface area contributed by atoms with Gasteiger partial charge < -0.3 is 10.0 Å². The van der Waals surface area contributed by atoms with Crippen LogP contribution in [0.5, 0.6) is 0 Å². The zero-order valence-corrected chi connectivity index (χ0v) is 21.3. The molecule has 5 rings (SSSR count). The molecule has 4 unspecified atom stereocenters. The summed E-state index contributed by atoms with van der Waals surface area (Å²) in [6.45, 7) is 4.20. The summed E-state index contributed by atoms with van der Waals surface area (Å²) in [5.74, 6) is -3.99. The molecule has 3 fully saturated rings. The number of anilines is 1. The van der Waals surface area contributed by atoms with Gasteiger partial charge in [-0.25, -0.2) is 0 Å². The number of nitrogens with one attached hydrogen (secondary N) is 1. The van der Waals surface area contributed by atoms with Crippen LogP contribution in [0.1, 0.15) is 49.8 Å². The maximum atomic E-state index is 13.7. The van der Waals surface area contributed by atoms with Crippen molar-refractivity contribution in [1.82, 2.24) is 10.2 Å². The number of likely N-dealkylation sites (tertiary alicyclic amines) is 1. The van der Waals surface area contributed by atoms with Crippen LogP contribution in [0.4, 0.5) is 11.4 Å². The molecule has 200 valence electrons. The largest absolute Gasteiger partial charge is 0.480 e. The lowest BCUT2D eigenvalue weighted by Gasteiger charge is -2.31. The molecular formula is C28H32N4O6. The van der Waals surface area contributed by atoms with Gasteiger partial charge in [-0.05, 0) is 42.5 Å². The number of nitro benzene ring substituents is 1. The first-order valence-electron chi connectivity index (χ1n) is 13.2. The second-order valence-corrected chi connectivity index (χ2v) is 10.5. The molecule has 3 heterocycles. The molecule has 4 atom stereocenters. The van der Waals surface area contributed by atoms with E-state index in [0.717, 1.165) is 43.6 Å². The number of nitro groups is 1. The highest BCUT2D eigenvalue weighted by molar-refractivity contribution is 6.09. The first kappa shape index (κ1) is 25.8. The fraction of sp³-hybridized carbons (Fsp3) is 0.464. The van der Waals surface area contributed by atoms with E-state index in [9.17, 15) is 29.6 Å². The van der Waals surface area contributed by atoms with Crippen LogP contribution in [0.25, 0.3) is 0 Å². The molecule has 2 aromatic carbocycles. The first-order chi connectivity index (χ1) is 18.3. The van der Waals surface area contributed by atoms with Gasteiger partial charge in [-0.3, -0.25) is 34.7 Å². The van der Waals surface area contributed by atoms with E-state index < -0.39 is 40.2 Å². The molecule has 2 aromatic rings. The maximum absolute atomic E-state index is 13.7. The molecule has 0 spiro atoms. The molecular weight excluding hydrogens is 488 g/mol. The highest BCUT2D eigenvalue weighted by atomic mass is 16.6. The van der Waals surface area contributed by atoms with Crippen molar-refractivity contribution in [3.63, 3.8) is 0 Å². The van der Waals surface area contributed by atoms with E-state index in [1.165, 1.54) is 29.2 Å². The standard InChI is InChI=1S/C28H32N4O6/c1-2-3-16-31-25(33)22-23(26(31)34)28(27(35)36,17-18-6-10-21(11-7-18)32(37)38)29-24(22)19-8-12-20(13-9-19)30-14-4-5-15-30/h6-13,22-24,29H,2-5,14-17H2,1H3,(H,35,36). The van der Waals surface area contributed by atoms with E-state index in [1.54, 1.807) is 0 Å². The predicted octanol–water partition coefficient (Wildman–Crippen LogP) is 3.31. The zero-order chi connectivity index (χ0) is 27.0. The SMILES string of the molecule is CCCCN1C(=O)C2C(c3ccc(N4CCCC4)cc3)NC(Cc3ccc([N+](=O)[O-])cc3)(C(=O)O)C2C1=O. The minimum atomic E-state index is -1.74. The number of amides is 2. The van der Waals surface area contributed by atoms with Gasteiger partial charge in [0.1, 0.15) is 5.54 Å². The summed E-state index contributed by atoms with van der Waals surface area (Å²) in [5, 5.41) is 24.9. The second kappa shape index (κ2) is 10.2. The highest BCUT2D eigenvalue weighted by Crippen LogP contribution is 2.50. The number of hydrogen-bond acceptors (Lipinski definition) is 7. The molecule has 3 aliphatic heterocycles. The van der Waals surface area contributed by atoms with E-state index in [2.05, 4.69) is 10.2 Å². The number of carbonyl (C=O) groups is 3. The number of hydrogen-bond donors (Lipinski definition) is 2. The fourth-order valence-electron chi connectivity index (χ4n) is 6.25. The normalized spacial score (nSPS) is 26.7. The molecule has 0 bridgehead atoms. The number of rotatable bonds is 9. The van der Waals surface area contributed by atoms with Gasteiger partial charge in [0.25, 0.3) is 5.69 Å². The van der Waals surface area contributed by atoms with Crippen LogP contribution in [0, 0.1) is 22.0 Å². The Bertz CT molecular complexity index is 1240. The Morgan fingerprint density at radius 1 is 1.08 bits per heavy atom. The monoisotopic (exact) mass is 520 g/mol. The van der Waals surface area contributed by atoms with E-state index in [1.807, 2.05) is 31.2 Å². The number of carboxylic acids is 1. The van der Waals surface area contributed by atoms with Crippen LogP contribution in [-0.2, 0) is 20.8 Å². The summed E-state index contributed by atoms with van der Waals surface area (Å²) in [6, 6.07) is 12.8. The van der Waals surface area contributed by atoms with Crippen LogP contribution < -0.4 is 10.2 Å². The lowest BCUT2D eigenvalue weighted by molar-refractivity contribution is -0.384. The number of benzene rings is 2. The molecule has 3 saturated heterocycles. The van der Waals surface area contributed by atoms with Gasteiger partial charge in [0.2, 0.25) is 11.8 Å². The summed E-state index contributed by atoms with van der Waals surface area (Å²) in [6.07, 6.45) is 3.62. The minimum Gasteiger partial charge on any atom is -0.480 e. The lowest BCUT2D eigenvalue weighted by Crippen LogP contribution is -2.57. The van der Waals surface area contributed by atoms with Gasteiger partial charge in [-0.1, -0.05) is 37.6 Å². The summed E-state index contributed by atoms with van der Waals surface area (Å²) in [4.78, 5) is 54.4. The summed E-state index contributed by atoms with van der Waals surface area (Å²) in [5.41, 5.74) is 0.515. The van der Waals surface area contributed by atoms with Crippen molar-refractivity contribution in [3.05, 3.63) is 69.8 Å². The van der Waals surface area contributed by atoms with Crippen molar-refractivity contribution >= 4 is 29.2 Å². The Hall–Kier alpha value is -3.79. The van der Waals surface area contributed by atoms with Gasteiger partial charge >= 0.3 is 5.97 Å². The molecule has 0 radical (unpaired) electrons. The number of fused-ring (bicyclic) bond motifs is 1. The summed E-state index contributed by atoms with van der Waals surface area (Å²) >= 11 is 0. The van der Waals surface area contributed by atoms with Crippen LogP contribution in [0.15, 0.2) is 48.5 Å². The molecule has 38 heavy (non-hydrogen) atoms. The predicted molar refractivity (Wildman–Crippen MR) is 140 cm³/mol. The Kier molecular flexibility index (Phi) is 6.92. The molecule has 2 N–H and O–H groups in total. The van der Waals surface area contributed by atoms with Gasteiger partial charge in [0.05, 0.1) is 16.8 Å². The average molecular weight is 521 g/mol. The van der Waals surface area contributed by atoms with Crippen LogP contribution in [-0.4, -0.2) is 57.9 Å². The Morgan fingerprint density at radius 2 is 1.74 bits per heavy atom. The number of carbonyl (C=O) groups excluding carboxylic acids is 2. The summed E-state index contributed by atoms with van der Waals surface area (Å²) in [7, 11) is 0. The number of non-ortho nitro benzene ring substituents is 1. The van der Waals surface area contributed by atoms with Gasteiger partial charge in [0, 0.05) is 49.9 Å². The molecule has 10 heteroatoms. The van der Waals surface area contributed by atoms with E-state index in [-0.39, 0.29) is 24.6 Å². The van der Waals surface area contributed by atoms with E-state index in [4.69, 9.17) is 0 Å². The van der Waals surface area contributed by atoms with Gasteiger partial charge in [-0.2, -0.15) is 0 Å². The van der Waals surface area contributed by atoms with E-state index in [0.29, 0.717) is 12.0 Å². The van der Waals surface area contributed by atoms with Gasteiger partial charge in [0.15, 0.2) is 0 Å². The molecule has 2 amide bonds. The molecule has 0 aliphatic carbocycles. The number of nitrogens with zero attached hydrogens (tertiary/aromatic N) is 3. The minimum absolute atomic E-state index is 0.0928. The van der Waals surface area contributed by atoms with Crippen molar-refractivity contribution in [3.8, 4) is 0 Å². The van der Waals surface area contributed by atoms with Crippen molar-refractivity contribution in [2.24, 2.45) is 11.8 Å². The van der Waals surface area contributed by atoms with Crippen molar-refractivity contribution in [2.75, 3.05) is 24.5 Å². The Balaban J connectivity index is 1.53. The number of carboxylic acid groups (broad SMARTS) is 1. The van der Waals surface area contributed by atoms with Crippen molar-refractivity contribution in [2.45, 2.75) is 50.6 Å². The third-order valence-electron chi connectivity index (χ3n) is 8.22. The third kappa shape index (κ3) is 4.32. The number of aliphatic carboxylic acids is 1. The Labute approximate surface area is 220 Å². The maximum Gasteiger partial charge on any atom is 0.325 e. The molecule has 0 saturated carbocycles. The second-order valence-electron chi connectivity index (χ2n) is 10.5. The molecule has 3 aliphatic rings. The fourth-order valence-corrected chi connectivity index (χ4v) is 6.25. The molecule has 10 nitrogen and oxygen atoms in total. The Morgan fingerprint density at radius 3 is 2.32 bits per heavy atom. The number of imide groups is 1. The average Bonchev–Trinajstić information content (AvgIpc) is 3.62. The quantitative estimate of drug-likeness (QED) is 0.292. The van der Waals surface area contributed by atoms with Gasteiger partial charge in [-0.15, -0.1) is 0 Å². The summed E-state index contributed by atoms with van der Waals surface area (Å²) < 4.78 is 0. The first-order valence-corrected chi connectivity index (χ1v) is 13.2. The molecule has 0 aromatic heterocycles. The topological polar surface area (TPSA) is 133 Å². The third-order valence-corrected chi connectivity index (χ3v) is 8.22. The van der Waals surface area contributed by atoms with E-state index >= 15 is 0 Å². The van der Waals surface area contributed by atoms with Crippen LogP contribution in [0.2, 0.25) is 0 Å².